The predicted molar refractivity (Wildman–Crippen MR) is 76.8 cm³/mol. The van der Waals surface area contributed by atoms with Crippen molar-refractivity contribution in [3.8, 4) is 11.5 Å². The zero-order chi connectivity index (χ0) is 17.0. The van der Waals surface area contributed by atoms with Crippen molar-refractivity contribution in [2.45, 2.75) is 0 Å². The largest absolute Gasteiger partial charge is 0.658 e. The molecule has 0 saturated carbocycles. The Kier molecular flexibility index (Phi) is 4.80. The van der Waals surface area contributed by atoms with E-state index in [9.17, 15) is 18.4 Å². The van der Waals surface area contributed by atoms with E-state index in [0.717, 1.165) is 32.0 Å². The van der Waals surface area contributed by atoms with Crippen molar-refractivity contribution in [3.05, 3.63) is 59.2 Å². The molecule has 2 amide bonds. The Morgan fingerprint density at radius 2 is 1.22 bits per heavy atom. The minimum atomic E-state index is -0.946. The molecule has 0 heterocycles. The molecule has 0 saturated heterocycles. The zero-order valence-corrected chi connectivity index (χ0v) is 11.6. The molecule has 0 fully saturated rings. The van der Waals surface area contributed by atoms with Gasteiger partial charge in [0.15, 0.2) is 0 Å². The lowest BCUT2D eigenvalue weighted by Crippen LogP contribution is -2.16. The minimum Gasteiger partial charge on any atom is -0.526 e. The third-order valence-corrected chi connectivity index (χ3v) is 2.77. The fourth-order valence-corrected chi connectivity index (χ4v) is 1.67. The molecule has 0 unspecified atom stereocenters. The number of amides is 2. The van der Waals surface area contributed by atoms with Gasteiger partial charge < -0.3 is 20.8 Å². The molecule has 2 rings (SSSR count). The van der Waals surface area contributed by atoms with Crippen LogP contribution in [0.25, 0.3) is 0 Å². The Bertz CT molecular complexity index is 707. The van der Waals surface area contributed by atoms with Crippen LogP contribution < -0.4 is 20.8 Å². The highest BCUT2D eigenvalue weighted by atomic mass is 19.1. The molecule has 0 bridgehead atoms. The van der Waals surface area contributed by atoms with E-state index in [0.29, 0.717) is 0 Å². The molecular formula is C14H10BF2N2O4. The number of carbonyl (C=O) groups excluding carboxylic acids is 2. The van der Waals surface area contributed by atoms with Gasteiger partial charge in [-0.3, -0.25) is 9.59 Å². The Hall–Kier alpha value is -3.10. The van der Waals surface area contributed by atoms with Crippen LogP contribution in [0.2, 0.25) is 0 Å². The maximum Gasteiger partial charge on any atom is 0.658 e. The molecule has 0 spiro atoms. The van der Waals surface area contributed by atoms with Crippen LogP contribution in [-0.2, 0) is 0 Å². The highest BCUT2D eigenvalue weighted by molar-refractivity contribution is 6.20. The van der Waals surface area contributed by atoms with Gasteiger partial charge in [-0.05, 0) is 36.4 Å². The molecule has 0 atom stereocenters. The van der Waals surface area contributed by atoms with Crippen molar-refractivity contribution < 1.29 is 27.7 Å². The lowest BCUT2D eigenvalue weighted by molar-refractivity contribution is 0.0987. The van der Waals surface area contributed by atoms with E-state index in [4.69, 9.17) is 20.8 Å². The lowest BCUT2D eigenvalue weighted by atomic mass is 10.1. The average Bonchev–Trinajstić information content (AvgIpc) is 2.50. The van der Waals surface area contributed by atoms with E-state index >= 15 is 0 Å². The summed E-state index contributed by atoms with van der Waals surface area (Å²) >= 11 is 0. The summed E-state index contributed by atoms with van der Waals surface area (Å²) in [5, 5.41) is 0. The normalized spacial score (nSPS) is 10.0. The minimum absolute atomic E-state index is 0.0948. The molecule has 117 valence electrons. The second-order valence-electron chi connectivity index (χ2n) is 4.34. The molecule has 23 heavy (non-hydrogen) atoms. The van der Waals surface area contributed by atoms with Crippen LogP contribution in [0, 0.1) is 11.6 Å². The molecule has 4 N–H and O–H groups in total. The molecule has 1 radical (unpaired) electrons. The van der Waals surface area contributed by atoms with Crippen molar-refractivity contribution in [1.29, 1.82) is 0 Å². The van der Waals surface area contributed by atoms with Crippen LogP contribution in [0.1, 0.15) is 20.7 Å². The van der Waals surface area contributed by atoms with Gasteiger partial charge in [0.1, 0.15) is 23.1 Å². The Labute approximate surface area is 130 Å². The number of hydrogen-bond acceptors (Lipinski definition) is 4. The first kappa shape index (κ1) is 16.3. The van der Waals surface area contributed by atoms with Gasteiger partial charge in [-0.2, -0.15) is 0 Å². The quantitative estimate of drug-likeness (QED) is 0.779. The van der Waals surface area contributed by atoms with Gasteiger partial charge in [-0.25, -0.2) is 8.78 Å². The first-order valence-corrected chi connectivity index (χ1v) is 6.22. The van der Waals surface area contributed by atoms with Crippen LogP contribution in [0.15, 0.2) is 36.4 Å². The van der Waals surface area contributed by atoms with Gasteiger partial charge in [0.05, 0.1) is 11.1 Å². The summed E-state index contributed by atoms with van der Waals surface area (Å²) in [4.78, 5) is 22.0. The monoisotopic (exact) mass is 319 g/mol. The summed E-state index contributed by atoms with van der Waals surface area (Å²) in [6.07, 6.45) is 0. The Balaban J connectivity index is 2.03. The van der Waals surface area contributed by atoms with Crippen molar-refractivity contribution >= 4 is 19.5 Å². The van der Waals surface area contributed by atoms with Crippen molar-refractivity contribution in [1.82, 2.24) is 0 Å². The first-order valence-electron chi connectivity index (χ1n) is 6.22. The van der Waals surface area contributed by atoms with E-state index in [1.165, 1.54) is 12.1 Å². The van der Waals surface area contributed by atoms with Crippen molar-refractivity contribution in [2.75, 3.05) is 0 Å². The fourth-order valence-electron chi connectivity index (χ4n) is 1.67. The number of primary amides is 2. The van der Waals surface area contributed by atoms with Gasteiger partial charge in [0.25, 0.3) is 11.8 Å². The summed E-state index contributed by atoms with van der Waals surface area (Å²) < 4.78 is 36.7. The van der Waals surface area contributed by atoms with Crippen molar-refractivity contribution in [3.63, 3.8) is 0 Å². The number of nitrogens with two attached hydrogens (primary N) is 2. The summed E-state index contributed by atoms with van der Waals surface area (Å²) in [7, 11) is 0.857. The topological polar surface area (TPSA) is 105 Å². The van der Waals surface area contributed by atoms with E-state index in [1.807, 2.05) is 0 Å². The fraction of sp³-hybridized carbons (Fsp3) is 0. The van der Waals surface area contributed by atoms with Gasteiger partial charge >= 0.3 is 7.69 Å². The molecular weight excluding hydrogens is 309 g/mol. The molecule has 2 aromatic carbocycles. The maximum atomic E-state index is 13.3. The first-order chi connectivity index (χ1) is 10.9. The smallest absolute Gasteiger partial charge is 0.526 e. The van der Waals surface area contributed by atoms with Gasteiger partial charge in [0.2, 0.25) is 0 Å². The molecule has 0 aliphatic heterocycles. The predicted octanol–water partition coefficient (Wildman–Crippen LogP) is 1.15. The Morgan fingerprint density at radius 1 is 0.826 bits per heavy atom. The number of benzene rings is 2. The van der Waals surface area contributed by atoms with Crippen LogP contribution in [0.5, 0.6) is 11.5 Å². The number of carbonyl (C=O) groups is 2. The number of hydrogen-bond donors (Lipinski definition) is 2. The lowest BCUT2D eigenvalue weighted by Gasteiger charge is -2.08. The molecule has 0 aromatic heterocycles. The second-order valence-corrected chi connectivity index (χ2v) is 4.34. The van der Waals surface area contributed by atoms with Crippen LogP contribution in [0.4, 0.5) is 8.78 Å². The van der Waals surface area contributed by atoms with E-state index in [1.54, 1.807) is 0 Å². The van der Waals surface area contributed by atoms with E-state index in [-0.39, 0.29) is 22.6 Å². The van der Waals surface area contributed by atoms with E-state index in [2.05, 4.69) is 0 Å². The standard InChI is InChI=1S/C14H10BF2N2O4/c16-11-3-1-7(5-9(11)13(18)20)22-15-23-8-2-4-12(17)10(6-8)14(19)21/h1-6H,(H2,18,20)(H2,19,21). The summed E-state index contributed by atoms with van der Waals surface area (Å²) in [5.74, 6) is -3.27. The zero-order valence-electron chi connectivity index (χ0n) is 11.6. The molecule has 2 aromatic rings. The van der Waals surface area contributed by atoms with Crippen molar-refractivity contribution in [2.24, 2.45) is 11.5 Å². The van der Waals surface area contributed by atoms with Gasteiger partial charge in [0, 0.05) is 0 Å². The SMILES string of the molecule is NC(=O)c1cc(O[B]Oc2ccc(F)c(C(N)=O)c2)ccc1F. The van der Waals surface area contributed by atoms with Crippen LogP contribution in [-0.4, -0.2) is 19.5 Å². The molecule has 0 aliphatic rings. The average molecular weight is 319 g/mol. The third-order valence-electron chi connectivity index (χ3n) is 2.77. The number of halogens is 2. The highest BCUT2D eigenvalue weighted by Gasteiger charge is 2.12. The third kappa shape index (κ3) is 3.97. The molecule has 0 aliphatic carbocycles. The summed E-state index contributed by atoms with van der Waals surface area (Å²) in [5.41, 5.74) is 9.34. The van der Waals surface area contributed by atoms with Crippen LogP contribution in [0.3, 0.4) is 0 Å². The van der Waals surface area contributed by atoms with Gasteiger partial charge in [-0.1, -0.05) is 0 Å². The molecule has 9 heteroatoms. The van der Waals surface area contributed by atoms with E-state index < -0.39 is 23.4 Å². The molecule has 6 nitrogen and oxygen atoms in total. The Morgan fingerprint density at radius 3 is 1.57 bits per heavy atom. The number of rotatable bonds is 6. The maximum absolute atomic E-state index is 13.3. The summed E-state index contributed by atoms with van der Waals surface area (Å²) in [6, 6.07) is 6.70. The second kappa shape index (κ2) is 6.78. The van der Waals surface area contributed by atoms with Crippen LogP contribution >= 0.6 is 0 Å². The highest BCUT2D eigenvalue weighted by Crippen LogP contribution is 2.18. The summed E-state index contributed by atoms with van der Waals surface area (Å²) in [6.45, 7) is 0. The van der Waals surface area contributed by atoms with Gasteiger partial charge in [-0.15, -0.1) is 0 Å².